The van der Waals surface area contributed by atoms with Gasteiger partial charge in [-0.2, -0.15) is 0 Å². The van der Waals surface area contributed by atoms with E-state index in [-0.39, 0.29) is 12.5 Å². The normalized spacial score (nSPS) is 21.5. The fourth-order valence-corrected chi connectivity index (χ4v) is 4.12. The van der Waals surface area contributed by atoms with Crippen molar-refractivity contribution in [2.24, 2.45) is 0 Å². The van der Waals surface area contributed by atoms with Crippen LogP contribution in [0.25, 0.3) is 0 Å². The van der Waals surface area contributed by atoms with Crippen LogP contribution >= 0.6 is 0 Å². The lowest BCUT2D eigenvalue weighted by Crippen LogP contribution is -2.43. The Labute approximate surface area is 149 Å². The molecule has 25 heavy (non-hydrogen) atoms. The van der Waals surface area contributed by atoms with Gasteiger partial charge >= 0.3 is 0 Å². The van der Waals surface area contributed by atoms with Crippen molar-refractivity contribution in [2.75, 3.05) is 29.9 Å². The molecule has 2 aromatic rings. The maximum atomic E-state index is 9.10. The first-order chi connectivity index (χ1) is 12.2. The van der Waals surface area contributed by atoms with Crippen LogP contribution in [0.1, 0.15) is 61.5 Å². The van der Waals surface area contributed by atoms with Crippen LogP contribution in [-0.2, 0) is 0 Å². The number of nitrogens with zero attached hydrogens (tertiary/aromatic N) is 3. The van der Waals surface area contributed by atoms with Crippen molar-refractivity contribution >= 4 is 11.6 Å². The zero-order valence-electron chi connectivity index (χ0n) is 14.9. The Morgan fingerprint density at radius 3 is 2.76 bits per heavy atom. The summed E-state index contributed by atoms with van der Waals surface area (Å²) in [4.78, 5) is 11.9. The first-order valence-corrected chi connectivity index (χ1v) is 9.26. The Balaban J connectivity index is 1.71. The standard InChI is InChI=1S/C20H26N4O/c1-13(2)20-22-18(21-9-10-25)11-19(23-20)24-12-14-7-8-17(24)16-6-4-3-5-15(14)16/h3-6,11,13-14,17,25H,7-10,12H2,1-2H3,(H,21,22,23)/t14-,17+/m1/s1. The van der Waals surface area contributed by atoms with Gasteiger partial charge in [0.25, 0.3) is 0 Å². The second kappa shape index (κ2) is 6.64. The number of aromatic nitrogens is 2. The molecule has 1 aromatic heterocycles. The molecule has 2 atom stereocenters. The molecule has 132 valence electrons. The second-order valence-corrected chi connectivity index (χ2v) is 7.35. The van der Waals surface area contributed by atoms with Crippen LogP contribution < -0.4 is 10.2 Å². The highest BCUT2D eigenvalue weighted by Crippen LogP contribution is 2.48. The van der Waals surface area contributed by atoms with Gasteiger partial charge in [0, 0.05) is 31.0 Å². The van der Waals surface area contributed by atoms with Crippen molar-refractivity contribution in [2.45, 2.75) is 44.6 Å². The van der Waals surface area contributed by atoms with E-state index in [4.69, 9.17) is 10.1 Å². The zero-order chi connectivity index (χ0) is 17.4. The predicted octanol–water partition coefficient (Wildman–Crippen LogP) is 3.44. The van der Waals surface area contributed by atoms with E-state index in [0.717, 1.165) is 24.0 Å². The Morgan fingerprint density at radius 1 is 1.20 bits per heavy atom. The van der Waals surface area contributed by atoms with Crippen molar-refractivity contribution in [3.63, 3.8) is 0 Å². The SMILES string of the molecule is CC(C)c1nc(NCCO)cc(N2C[C@H]3CC[C@H]2c2ccccc23)n1. The number of fused-ring (bicyclic) bond motifs is 2. The maximum Gasteiger partial charge on any atom is 0.135 e. The number of aliphatic hydroxyl groups excluding tert-OH is 1. The van der Waals surface area contributed by atoms with Gasteiger partial charge in [-0.05, 0) is 24.0 Å². The minimum absolute atomic E-state index is 0.0954. The highest BCUT2D eigenvalue weighted by Gasteiger charge is 2.38. The Hall–Kier alpha value is -2.14. The van der Waals surface area contributed by atoms with Crippen LogP contribution in [0.15, 0.2) is 30.3 Å². The van der Waals surface area contributed by atoms with Crippen LogP contribution in [0.3, 0.4) is 0 Å². The quantitative estimate of drug-likeness (QED) is 0.874. The Bertz CT molecular complexity index is 761. The molecule has 0 radical (unpaired) electrons. The van der Waals surface area contributed by atoms with Gasteiger partial charge in [0.2, 0.25) is 0 Å². The smallest absolute Gasteiger partial charge is 0.135 e. The van der Waals surface area contributed by atoms with Crippen LogP contribution in [0.4, 0.5) is 11.6 Å². The number of benzene rings is 1. The summed E-state index contributed by atoms with van der Waals surface area (Å²) in [6.45, 7) is 5.86. The van der Waals surface area contributed by atoms with Gasteiger partial charge in [0.05, 0.1) is 12.6 Å². The fourth-order valence-electron chi connectivity index (χ4n) is 4.12. The van der Waals surface area contributed by atoms with Crippen LogP contribution in [0.5, 0.6) is 0 Å². The third-order valence-corrected chi connectivity index (χ3v) is 5.34. The summed E-state index contributed by atoms with van der Waals surface area (Å²) in [7, 11) is 0. The topological polar surface area (TPSA) is 61.3 Å². The minimum atomic E-state index is 0.0954. The number of rotatable bonds is 5. The van der Waals surface area contributed by atoms with Crippen molar-refractivity contribution in [1.82, 2.24) is 9.97 Å². The lowest BCUT2D eigenvalue weighted by molar-refractivity contribution is 0.311. The summed E-state index contributed by atoms with van der Waals surface area (Å²) in [6, 6.07) is 11.3. The minimum Gasteiger partial charge on any atom is -0.395 e. The van der Waals surface area contributed by atoms with Gasteiger partial charge in [0.1, 0.15) is 17.5 Å². The third kappa shape index (κ3) is 2.97. The molecular weight excluding hydrogens is 312 g/mol. The molecule has 5 nitrogen and oxygen atoms in total. The van der Waals surface area contributed by atoms with Crippen LogP contribution in [0.2, 0.25) is 0 Å². The summed E-state index contributed by atoms with van der Waals surface area (Å²) >= 11 is 0. The summed E-state index contributed by atoms with van der Waals surface area (Å²) in [5, 5.41) is 12.3. The number of hydrogen-bond donors (Lipinski definition) is 2. The summed E-state index contributed by atoms with van der Waals surface area (Å²) < 4.78 is 0. The molecule has 2 bridgehead atoms. The molecule has 0 unspecified atom stereocenters. The van der Waals surface area contributed by atoms with E-state index < -0.39 is 0 Å². The van der Waals surface area contributed by atoms with E-state index in [2.05, 4.69) is 53.3 Å². The van der Waals surface area contributed by atoms with Gasteiger partial charge in [0.15, 0.2) is 0 Å². The molecule has 2 N–H and O–H groups in total. The number of hydrogen-bond acceptors (Lipinski definition) is 5. The predicted molar refractivity (Wildman–Crippen MR) is 100 cm³/mol. The van der Waals surface area contributed by atoms with Crippen LogP contribution in [0, 0.1) is 0 Å². The second-order valence-electron chi connectivity index (χ2n) is 7.35. The van der Waals surface area contributed by atoms with Crippen molar-refractivity contribution < 1.29 is 5.11 Å². The molecule has 1 aliphatic carbocycles. The van der Waals surface area contributed by atoms with Gasteiger partial charge in [-0.15, -0.1) is 0 Å². The van der Waals surface area contributed by atoms with Gasteiger partial charge in [-0.3, -0.25) is 0 Å². The lowest BCUT2D eigenvalue weighted by atomic mass is 9.75. The summed E-state index contributed by atoms with van der Waals surface area (Å²) in [5.41, 5.74) is 2.98. The fraction of sp³-hybridized carbons (Fsp3) is 0.500. The maximum absolute atomic E-state index is 9.10. The van der Waals surface area contributed by atoms with E-state index in [1.54, 1.807) is 0 Å². The average molecular weight is 338 g/mol. The first-order valence-electron chi connectivity index (χ1n) is 9.26. The molecule has 0 saturated carbocycles. The molecule has 5 heteroatoms. The highest BCUT2D eigenvalue weighted by molar-refractivity contribution is 5.55. The zero-order valence-corrected chi connectivity index (χ0v) is 14.9. The summed E-state index contributed by atoms with van der Waals surface area (Å²) in [5.74, 6) is 3.52. The number of aliphatic hydroxyl groups is 1. The molecule has 1 saturated heterocycles. The number of nitrogens with one attached hydrogen (secondary N) is 1. The highest BCUT2D eigenvalue weighted by atomic mass is 16.3. The van der Waals surface area contributed by atoms with Crippen molar-refractivity contribution in [3.8, 4) is 0 Å². The Kier molecular flexibility index (Phi) is 4.34. The van der Waals surface area contributed by atoms with Gasteiger partial charge < -0.3 is 15.3 Å². The molecular formula is C20H26N4O. The monoisotopic (exact) mass is 338 g/mol. The van der Waals surface area contributed by atoms with E-state index in [1.807, 2.05) is 6.07 Å². The largest absolute Gasteiger partial charge is 0.395 e. The Morgan fingerprint density at radius 2 is 2.00 bits per heavy atom. The molecule has 3 heterocycles. The molecule has 0 amide bonds. The van der Waals surface area contributed by atoms with Gasteiger partial charge in [-0.25, -0.2) is 9.97 Å². The molecule has 5 rings (SSSR count). The lowest BCUT2D eigenvalue weighted by Gasteiger charge is -2.47. The number of piperidine rings is 1. The van der Waals surface area contributed by atoms with Crippen molar-refractivity contribution in [1.29, 1.82) is 0 Å². The molecule has 1 fully saturated rings. The average Bonchev–Trinajstić information content (AvgIpc) is 2.66. The molecule has 1 aromatic carbocycles. The van der Waals surface area contributed by atoms with E-state index in [1.165, 1.54) is 24.0 Å². The molecule has 3 aliphatic rings. The molecule has 0 spiro atoms. The van der Waals surface area contributed by atoms with Crippen molar-refractivity contribution in [3.05, 3.63) is 47.3 Å². The first kappa shape index (κ1) is 16.3. The number of anilines is 2. The van der Waals surface area contributed by atoms with E-state index in [0.29, 0.717) is 18.5 Å². The van der Waals surface area contributed by atoms with E-state index in [9.17, 15) is 0 Å². The summed E-state index contributed by atoms with van der Waals surface area (Å²) in [6.07, 6.45) is 2.44. The molecule has 2 aliphatic heterocycles. The van der Waals surface area contributed by atoms with Crippen LogP contribution in [-0.4, -0.2) is 34.8 Å². The van der Waals surface area contributed by atoms with Gasteiger partial charge in [-0.1, -0.05) is 38.1 Å². The third-order valence-electron chi connectivity index (χ3n) is 5.34. The van der Waals surface area contributed by atoms with E-state index >= 15 is 0 Å².